The van der Waals surface area contributed by atoms with E-state index in [1.54, 1.807) is 12.1 Å². The van der Waals surface area contributed by atoms with Gasteiger partial charge in [-0.05, 0) is 68.5 Å². The number of nitrogens with one attached hydrogen (secondary N) is 1. The SMILES string of the molecule is Cc1ccc(S(=O)(=O)NCC(c2ccccc2)N2CCC(Cc3ccccc3)CC2)cc1. The Morgan fingerprint density at radius 1 is 0.875 bits per heavy atom. The number of benzene rings is 3. The van der Waals surface area contributed by atoms with E-state index < -0.39 is 10.0 Å². The molecule has 0 bridgehead atoms. The van der Waals surface area contributed by atoms with Gasteiger partial charge in [-0.3, -0.25) is 4.90 Å². The number of nitrogens with zero attached hydrogens (tertiary/aromatic N) is 1. The Bertz CT molecular complexity index is 1080. The van der Waals surface area contributed by atoms with Crippen LogP contribution in [0.5, 0.6) is 0 Å². The second kappa shape index (κ2) is 10.4. The lowest BCUT2D eigenvalue weighted by Gasteiger charge is -2.38. The minimum Gasteiger partial charge on any atom is -0.295 e. The van der Waals surface area contributed by atoms with E-state index in [0.717, 1.165) is 43.5 Å². The highest BCUT2D eigenvalue weighted by Crippen LogP contribution is 2.29. The van der Waals surface area contributed by atoms with Crippen molar-refractivity contribution in [3.8, 4) is 0 Å². The summed E-state index contributed by atoms with van der Waals surface area (Å²) in [6.45, 7) is 4.27. The van der Waals surface area contributed by atoms with Crippen LogP contribution in [0.15, 0.2) is 89.8 Å². The molecule has 3 aromatic rings. The lowest BCUT2D eigenvalue weighted by Crippen LogP contribution is -2.42. The predicted molar refractivity (Wildman–Crippen MR) is 130 cm³/mol. The summed E-state index contributed by atoms with van der Waals surface area (Å²) in [5, 5.41) is 0. The Morgan fingerprint density at radius 2 is 1.47 bits per heavy atom. The third kappa shape index (κ3) is 5.85. The van der Waals surface area contributed by atoms with E-state index in [2.05, 4.69) is 52.1 Å². The van der Waals surface area contributed by atoms with Crippen LogP contribution in [0.4, 0.5) is 0 Å². The molecule has 1 heterocycles. The van der Waals surface area contributed by atoms with Gasteiger partial charge in [0.2, 0.25) is 10.0 Å². The van der Waals surface area contributed by atoms with Crippen LogP contribution in [0.1, 0.15) is 35.6 Å². The minimum atomic E-state index is -3.55. The first-order valence-corrected chi connectivity index (χ1v) is 12.9. The van der Waals surface area contributed by atoms with Crippen molar-refractivity contribution in [3.05, 3.63) is 102 Å². The molecule has 1 saturated heterocycles. The standard InChI is InChI=1S/C27H32N2O2S/c1-22-12-14-26(15-13-22)32(30,31)28-21-27(25-10-6-3-7-11-25)29-18-16-24(17-19-29)20-23-8-4-2-5-9-23/h2-15,24,27-28H,16-21H2,1H3. The number of aryl methyl sites for hydroxylation is 1. The monoisotopic (exact) mass is 448 g/mol. The van der Waals surface area contributed by atoms with E-state index in [9.17, 15) is 8.42 Å². The molecular formula is C27H32N2O2S. The predicted octanol–water partition coefficient (Wildman–Crippen LogP) is 4.97. The number of sulfonamides is 1. The van der Waals surface area contributed by atoms with Crippen molar-refractivity contribution in [2.45, 2.75) is 37.1 Å². The third-order valence-corrected chi connectivity index (χ3v) is 7.88. The van der Waals surface area contributed by atoms with E-state index >= 15 is 0 Å². The Hall–Kier alpha value is -2.47. The average molecular weight is 449 g/mol. The molecule has 1 aliphatic heterocycles. The maximum atomic E-state index is 12.9. The van der Waals surface area contributed by atoms with Crippen LogP contribution >= 0.6 is 0 Å². The van der Waals surface area contributed by atoms with Gasteiger partial charge in [0.05, 0.1) is 4.90 Å². The molecule has 0 aromatic heterocycles. The average Bonchev–Trinajstić information content (AvgIpc) is 2.82. The summed E-state index contributed by atoms with van der Waals surface area (Å²) in [6.07, 6.45) is 3.37. The van der Waals surface area contributed by atoms with Gasteiger partial charge in [-0.1, -0.05) is 78.4 Å². The van der Waals surface area contributed by atoms with Crippen molar-refractivity contribution in [1.82, 2.24) is 9.62 Å². The smallest absolute Gasteiger partial charge is 0.240 e. The molecule has 5 heteroatoms. The van der Waals surface area contributed by atoms with Crippen LogP contribution in [0.25, 0.3) is 0 Å². The molecule has 1 fully saturated rings. The maximum absolute atomic E-state index is 12.9. The van der Waals surface area contributed by atoms with E-state index in [1.165, 1.54) is 5.56 Å². The zero-order valence-corrected chi connectivity index (χ0v) is 19.5. The van der Waals surface area contributed by atoms with E-state index in [-0.39, 0.29) is 6.04 Å². The lowest BCUT2D eigenvalue weighted by atomic mass is 9.89. The topological polar surface area (TPSA) is 49.4 Å². The fraction of sp³-hybridized carbons (Fsp3) is 0.333. The van der Waals surface area contributed by atoms with Crippen LogP contribution < -0.4 is 4.72 Å². The van der Waals surface area contributed by atoms with Gasteiger partial charge < -0.3 is 0 Å². The fourth-order valence-corrected chi connectivity index (χ4v) is 5.58. The van der Waals surface area contributed by atoms with Crippen molar-refractivity contribution in [3.63, 3.8) is 0 Å². The van der Waals surface area contributed by atoms with E-state index in [4.69, 9.17) is 0 Å². The molecule has 0 saturated carbocycles. The van der Waals surface area contributed by atoms with Crippen LogP contribution in [0.3, 0.4) is 0 Å². The molecule has 0 amide bonds. The zero-order chi connectivity index (χ0) is 22.4. The molecule has 4 rings (SSSR count). The van der Waals surface area contributed by atoms with Crippen molar-refractivity contribution in [2.24, 2.45) is 5.92 Å². The van der Waals surface area contributed by atoms with Crippen LogP contribution in [0.2, 0.25) is 0 Å². The van der Waals surface area contributed by atoms with Crippen molar-refractivity contribution >= 4 is 10.0 Å². The Morgan fingerprint density at radius 3 is 2.09 bits per heavy atom. The first kappa shape index (κ1) is 22.7. The molecule has 1 aliphatic rings. The van der Waals surface area contributed by atoms with Gasteiger partial charge in [-0.25, -0.2) is 13.1 Å². The Labute approximate surface area is 192 Å². The lowest BCUT2D eigenvalue weighted by molar-refractivity contribution is 0.133. The maximum Gasteiger partial charge on any atom is 0.240 e. The molecule has 0 aliphatic carbocycles. The van der Waals surface area contributed by atoms with Gasteiger partial charge in [0.25, 0.3) is 0 Å². The Balaban J connectivity index is 1.43. The van der Waals surface area contributed by atoms with Gasteiger partial charge in [0.15, 0.2) is 0 Å². The highest BCUT2D eigenvalue weighted by Gasteiger charge is 2.27. The number of hydrogen-bond donors (Lipinski definition) is 1. The molecule has 3 aromatic carbocycles. The molecule has 1 atom stereocenters. The molecule has 0 radical (unpaired) electrons. The van der Waals surface area contributed by atoms with Crippen molar-refractivity contribution < 1.29 is 8.42 Å². The molecule has 4 nitrogen and oxygen atoms in total. The van der Waals surface area contributed by atoms with Gasteiger partial charge in [-0.2, -0.15) is 0 Å². The molecule has 168 valence electrons. The highest BCUT2D eigenvalue weighted by atomic mass is 32.2. The summed E-state index contributed by atoms with van der Waals surface area (Å²) in [7, 11) is -3.55. The van der Waals surface area contributed by atoms with Gasteiger partial charge >= 0.3 is 0 Å². The largest absolute Gasteiger partial charge is 0.295 e. The first-order valence-electron chi connectivity index (χ1n) is 11.4. The van der Waals surface area contributed by atoms with Crippen molar-refractivity contribution in [1.29, 1.82) is 0 Å². The first-order chi connectivity index (χ1) is 15.5. The fourth-order valence-electron chi connectivity index (χ4n) is 4.54. The second-order valence-electron chi connectivity index (χ2n) is 8.76. The molecule has 0 spiro atoms. The quantitative estimate of drug-likeness (QED) is 0.529. The summed E-state index contributed by atoms with van der Waals surface area (Å²) in [5.41, 5.74) is 3.60. The van der Waals surface area contributed by atoms with Crippen LogP contribution in [-0.4, -0.2) is 33.0 Å². The van der Waals surface area contributed by atoms with E-state index in [1.807, 2.05) is 37.3 Å². The molecular weight excluding hydrogens is 416 g/mol. The Kier molecular flexibility index (Phi) is 7.40. The zero-order valence-electron chi connectivity index (χ0n) is 18.7. The van der Waals surface area contributed by atoms with Crippen LogP contribution in [-0.2, 0) is 16.4 Å². The molecule has 32 heavy (non-hydrogen) atoms. The summed E-state index contributed by atoms with van der Waals surface area (Å²) in [4.78, 5) is 2.76. The van der Waals surface area contributed by atoms with Crippen molar-refractivity contribution in [2.75, 3.05) is 19.6 Å². The third-order valence-electron chi connectivity index (χ3n) is 6.44. The number of piperidine rings is 1. The molecule has 1 unspecified atom stereocenters. The van der Waals surface area contributed by atoms with Crippen LogP contribution in [0, 0.1) is 12.8 Å². The summed E-state index contributed by atoms with van der Waals surface area (Å²) in [6, 6.07) is 28.0. The molecule has 1 N–H and O–H groups in total. The number of likely N-dealkylation sites (tertiary alicyclic amines) is 1. The van der Waals surface area contributed by atoms with Gasteiger partial charge in [-0.15, -0.1) is 0 Å². The van der Waals surface area contributed by atoms with E-state index in [0.29, 0.717) is 17.4 Å². The second-order valence-corrected chi connectivity index (χ2v) is 10.5. The minimum absolute atomic E-state index is 0.0223. The van der Waals surface area contributed by atoms with Gasteiger partial charge in [0.1, 0.15) is 0 Å². The summed E-state index contributed by atoms with van der Waals surface area (Å²) >= 11 is 0. The highest BCUT2D eigenvalue weighted by molar-refractivity contribution is 7.89. The number of rotatable bonds is 8. The summed E-state index contributed by atoms with van der Waals surface area (Å²) < 4.78 is 28.6. The normalized spacial score (nSPS) is 16.7. The summed E-state index contributed by atoms with van der Waals surface area (Å²) in [5.74, 6) is 0.675. The van der Waals surface area contributed by atoms with Gasteiger partial charge in [0, 0.05) is 12.6 Å². The number of hydrogen-bond acceptors (Lipinski definition) is 3.